The molecule has 3 aromatic rings. The summed E-state index contributed by atoms with van der Waals surface area (Å²) in [5.74, 6) is 1.38. The minimum absolute atomic E-state index is 0.0198. The van der Waals surface area contributed by atoms with Crippen LogP contribution >= 0.6 is 11.3 Å². The van der Waals surface area contributed by atoms with Crippen LogP contribution in [-0.4, -0.2) is 23.9 Å². The van der Waals surface area contributed by atoms with Crippen molar-refractivity contribution in [2.75, 3.05) is 18.4 Å². The molecule has 2 aromatic carbocycles. The maximum Gasteiger partial charge on any atom is 0.238 e. The van der Waals surface area contributed by atoms with Gasteiger partial charge in [0.1, 0.15) is 5.75 Å². The van der Waals surface area contributed by atoms with Crippen molar-refractivity contribution in [3.8, 4) is 11.5 Å². The smallest absolute Gasteiger partial charge is 0.238 e. The first-order valence-electron chi connectivity index (χ1n) is 9.08. The summed E-state index contributed by atoms with van der Waals surface area (Å²) in [4.78, 5) is 16.2. The predicted molar refractivity (Wildman–Crippen MR) is 110 cm³/mol. The zero-order chi connectivity index (χ0) is 18.6. The van der Waals surface area contributed by atoms with Gasteiger partial charge in [0, 0.05) is 18.0 Å². The van der Waals surface area contributed by atoms with E-state index >= 15 is 0 Å². The number of ether oxygens (including phenoxy) is 1. The molecule has 0 radical (unpaired) electrons. The molecule has 1 amide bonds. The van der Waals surface area contributed by atoms with Crippen molar-refractivity contribution in [2.24, 2.45) is 0 Å². The molecular weight excluding hydrogens is 356 g/mol. The first-order valence-corrected chi connectivity index (χ1v) is 9.96. The Bertz CT molecular complexity index is 933. The Hall–Kier alpha value is -2.63. The molecular formula is C22H22N2O2S. The molecule has 0 unspecified atom stereocenters. The molecule has 138 valence electrons. The number of rotatable bonds is 5. The summed E-state index contributed by atoms with van der Waals surface area (Å²) in [6.07, 6.45) is 1.02. The van der Waals surface area contributed by atoms with Crippen molar-refractivity contribution in [1.29, 1.82) is 0 Å². The second-order valence-corrected chi connectivity index (χ2v) is 7.79. The van der Waals surface area contributed by atoms with E-state index in [2.05, 4.69) is 21.7 Å². The molecule has 0 atom stereocenters. The van der Waals surface area contributed by atoms with Crippen LogP contribution in [0.5, 0.6) is 11.5 Å². The van der Waals surface area contributed by atoms with E-state index in [4.69, 9.17) is 4.74 Å². The quantitative estimate of drug-likeness (QED) is 0.690. The van der Waals surface area contributed by atoms with Crippen LogP contribution in [0.1, 0.15) is 16.0 Å². The van der Waals surface area contributed by atoms with Crippen molar-refractivity contribution >= 4 is 22.9 Å². The number of carbonyl (C=O) groups excluding carboxylic acids is 1. The summed E-state index contributed by atoms with van der Waals surface area (Å²) in [7, 11) is 0. The fourth-order valence-electron chi connectivity index (χ4n) is 3.23. The van der Waals surface area contributed by atoms with Gasteiger partial charge in [-0.2, -0.15) is 0 Å². The molecule has 0 fully saturated rings. The van der Waals surface area contributed by atoms with Crippen molar-refractivity contribution in [2.45, 2.75) is 19.9 Å². The number of anilines is 1. The van der Waals surface area contributed by atoms with E-state index in [-0.39, 0.29) is 5.91 Å². The molecule has 1 aliphatic heterocycles. The van der Waals surface area contributed by atoms with E-state index in [0.29, 0.717) is 18.0 Å². The number of para-hydroxylation sites is 2. The predicted octanol–water partition coefficient (Wildman–Crippen LogP) is 4.85. The van der Waals surface area contributed by atoms with Gasteiger partial charge in [-0.25, -0.2) is 0 Å². The molecule has 4 rings (SSSR count). The van der Waals surface area contributed by atoms with Gasteiger partial charge in [-0.15, -0.1) is 11.3 Å². The minimum atomic E-state index is -0.0198. The van der Waals surface area contributed by atoms with Crippen LogP contribution in [0.15, 0.2) is 60.0 Å². The largest absolute Gasteiger partial charge is 0.455 e. The summed E-state index contributed by atoms with van der Waals surface area (Å²) >= 11 is 1.81. The fourth-order valence-corrected chi connectivity index (χ4v) is 4.12. The van der Waals surface area contributed by atoms with Gasteiger partial charge in [0.05, 0.1) is 12.2 Å². The van der Waals surface area contributed by atoms with Crippen LogP contribution in [0.2, 0.25) is 0 Å². The lowest BCUT2D eigenvalue weighted by atomic mass is 10.1. The molecule has 1 aromatic heterocycles. The van der Waals surface area contributed by atoms with E-state index in [9.17, 15) is 4.79 Å². The lowest BCUT2D eigenvalue weighted by molar-refractivity contribution is -0.117. The number of aryl methyl sites for hydroxylation is 1. The fraction of sp³-hybridized carbons (Fsp3) is 0.227. The van der Waals surface area contributed by atoms with Gasteiger partial charge in [0.2, 0.25) is 5.91 Å². The zero-order valence-electron chi connectivity index (χ0n) is 15.3. The SMILES string of the molecule is Cc1ccc(Oc2ccccc2NC(=O)CN2CCc3sccc3C2)cc1. The second-order valence-electron chi connectivity index (χ2n) is 6.79. The molecule has 0 bridgehead atoms. The van der Waals surface area contributed by atoms with E-state index < -0.39 is 0 Å². The molecule has 27 heavy (non-hydrogen) atoms. The Morgan fingerprint density at radius 1 is 1.15 bits per heavy atom. The van der Waals surface area contributed by atoms with Crippen molar-refractivity contribution in [3.05, 3.63) is 76.0 Å². The molecule has 4 nitrogen and oxygen atoms in total. The van der Waals surface area contributed by atoms with Gasteiger partial charge >= 0.3 is 0 Å². The van der Waals surface area contributed by atoms with Gasteiger partial charge in [-0.3, -0.25) is 9.69 Å². The van der Waals surface area contributed by atoms with E-state index in [1.54, 1.807) is 0 Å². The monoisotopic (exact) mass is 378 g/mol. The van der Waals surface area contributed by atoms with Crippen molar-refractivity contribution < 1.29 is 9.53 Å². The molecule has 1 aliphatic rings. The normalized spacial score (nSPS) is 13.8. The first-order chi connectivity index (χ1) is 13.2. The van der Waals surface area contributed by atoms with Crippen molar-refractivity contribution in [3.63, 3.8) is 0 Å². The van der Waals surface area contributed by atoms with Crippen LogP contribution in [-0.2, 0) is 17.8 Å². The van der Waals surface area contributed by atoms with Crippen LogP contribution in [0, 0.1) is 6.92 Å². The summed E-state index contributed by atoms with van der Waals surface area (Å²) in [6, 6.07) is 17.6. The van der Waals surface area contributed by atoms with Crippen LogP contribution in [0.25, 0.3) is 0 Å². The second kappa shape index (κ2) is 7.94. The van der Waals surface area contributed by atoms with Crippen LogP contribution in [0.3, 0.4) is 0 Å². The molecule has 2 heterocycles. The number of hydrogen-bond acceptors (Lipinski definition) is 4. The molecule has 0 saturated carbocycles. The van der Waals surface area contributed by atoms with Crippen molar-refractivity contribution in [1.82, 2.24) is 4.90 Å². The summed E-state index contributed by atoms with van der Waals surface area (Å²) in [5.41, 5.74) is 3.22. The average Bonchev–Trinajstić information content (AvgIpc) is 3.13. The minimum Gasteiger partial charge on any atom is -0.455 e. The Balaban J connectivity index is 1.40. The molecule has 0 spiro atoms. The van der Waals surface area contributed by atoms with E-state index in [0.717, 1.165) is 25.3 Å². The molecule has 1 N–H and O–H groups in total. The van der Waals surface area contributed by atoms with Crippen LogP contribution in [0.4, 0.5) is 5.69 Å². The van der Waals surface area contributed by atoms with Gasteiger partial charge in [0.25, 0.3) is 0 Å². The summed E-state index contributed by atoms with van der Waals surface area (Å²) in [5, 5.41) is 5.14. The topological polar surface area (TPSA) is 41.6 Å². The molecule has 0 aliphatic carbocycles. The van der Waals surface area contributed by atoms with Crippen LogP contribution < -0.4 is 10.1 Å². The highest BCUT2D eigenvalue weighted by molar-refractivity contribution is 7.10. The third-order valence-corrected chi connectivity index (χ3v) is 5.69. The Morgan fingerprint density at radius 2 is 1.96 bits per heavy atom. The maximum atomic E-state index is 12.6. The van der Waals surface area contributed by atoms with Gasteiger partial charge < -0.3 is 10.1 Å². The summed E-state index contributed by atoms with van der Waals surface area (Å²) in [6.45, 7) is 4.18. The highest BCUT2D eigenvalue weighted by Gasteiger charge is 2.19. The standard InChI is InChI=1S/C22H22N2O2S/c1-16-6-8-18(9-7-16)26-20-5-3-2-4-19(20)23-22(25)15-24-12-10-21-17(14-24)11-13-27-21/h2-9,11,13H,10,12,14-15H2,1H3,(H,23,25). The third kappa shape index (κ3) is 4.38. The Kier molecular flexibility index (Phi) is 5.23. The Labute approximate surface area is 163 Å². The Morgan fingerprint density at radius 3 is 2.81 bits per heavy atom. The van der Waals surface area contributed by atoms with Gasteiger partial charge in [-0.1, -0.05) is 29.8 Å². The van der Waals surface area contributed by atoms with Gasteiger partial charge in [0.15, 0.2) is 5.75 Å². The maximum absolute atomic E-state index is 12.6. The third-order valence-electron chi connectivity index (χ3n) is 4.66. The van der Waals surface area contributed by atoms with Gasteiger partial charge in [-0.05, 0) is 54.6 Å². The number of nitrogens with zero attached hydrogens (tertiary/aromatic N) is 1. The average molecular weight is 378 g/mol. The lowest BCUT2D eigenvalue weighted by Crippen LogP contribution is -2.36. The lowest BCUT2D eigenvalue weighted by Gasteiger charge is -2.26. The zero-order valence-corrected chi connectivity index (χ0v) is 16.1. The number of hydrogen-bond donors (Lipinski definition) is 1. The highest BCUT2D eigenvalue weighted by Crippen LogP contribution is 2.29. The number of amides is 1. The first kappa shape index (κ1) is 17.8. The molecule has 5 heteroatoms. The highest BCUT2D eigenvalue weighted by atomic mass is 32.1. The van der Waals surface area contributed by atoms with E-state index in [1.165, 1.54) is 16.0 Å². The number of benzene rings is 2. The number of nitrogens with one attached hydrogen (secondary N) is 1. The van der Waals surface area contributed by atoms with E-state index in [1.807, 2.05) is 66.8 Å². The molecule has 0 saturated heterocycles. The summed E-state index contributed by atoms with van der Waals surface area (Å²) < 4.78 is 5.96. The number of carbonyl (C=O) groups is 1. The number of thiophene rings is 1. The number of fused-ring (bicyclic) bond motifs is 1.